The highest BCUT2D eigenvalue weighted by atomic mass is 79.9. The molecule has 2 heterocycles. The molecule has 1 aromatic heterocycles. The molecule has 0 aliphatic carbocycles. The summed E-state index contributed by atoms with van der Waals surface area (Å²) in [6.45, 7) is 0. The molecule has 6 nitrogen and oxygen atoms in total. The lowest BCUT2D eigenvalue weighted by Crippen LogP contribution is -2.48. The van der Waals surface area contributed by atoms with Crippen molar-refractivity contribution in [3.63, 3.8) is 0 Å². The van der Waals surface area contributed by atoms with Crippen LogP contribution >= 0.6 is 15.9 Å². The number of nitrogens with one attached hydrogen (secondary N) is 1. The number of hydrogen-bond donors (Lipinski definition) is 1. The van der Waals surface area contributed by atoms with Gasteiger partial charge in [-0.2, -0.15) is 0 Å². The molecule has 1 N–H and O–H groups in total. The number of piperidine rings is 1. The summed E-state index contributed by atoms with van der Waals surface area (Å²) in [5.41, 5.74) is 0. The van der Waals surface area contributed by atoms with Crippen molar-refractivity contribution >= 4 is 33.6 Å². The highest BCUT2D eigenvalue weighted by Gasteiger charge is 2.32. The fourth-order valence-electron chi connectivity index (χ4n) is 1.63. The monoisotopic (exact) mass is 298 g/mol. The summed E-state index contributed by atoms with van der Waals surface area (Å²) in [5, 5.41) is 3.01. The molecule has 1 aromatic rings. The number of carbonyl (C=O) groups excluding carboxylic acids is 2. The van der Waals surface area contributed by atoms with E-state index in [0.29, 0.717) is 23.1 Å². The van der Waals surface area contributed by atoms with E-state index in [1.54, 1.807) is 6.20 Å². The van der Waals surface area contributed by atoms with E-state index in [1.807, 2.05) is 0 Å². The number of anilines is 1. The van der Waals surface area contributed by atoms with E-state index in [9.17, 15) is 9.59 Å². The zero-order chi connectivity index (χ0) is 12.4. The smallest absolute Gasteiger partial charge is 0.251 e. The Labute approximate surface area is 107 Å². The summed E-state index contributed by atoms with van der Waals surface area (Å²) < 4.78 is 0.687. The van der Waals surface area contributed by atoms with Crippen LogP contribution in [0.1, 0.15) is 12.8 Å². The molecule has 1 unspecified atom stereocenters. The van der Waals surface area contributed by atoms with Gasteiger partial charge in [0.15, 0.2) is 0 Å². The maximum atomic E-state index is 11.8. The van der Waals surface area contributed by atoms with Crippen LogP contribution in [0.15, 0.2) is 17.0 Å². The van der Waals surface area contributed by atoms with Crippen LogP contribution in [-0.2, 0) is 9.59 Å². The van der Waals surface area contributed by atoms with E-state index in [-0.39, 0.29) is 11.8 Å². The number of amides is 2. The topological polar surface area (TPSA) is 75.2 Å². The predicted octanol–water partition coefficient (Wildman–Crippen LogP) is 0.798. The summed E-state index contributed by atoms with van der Waals surface area (Å²) in [6, 6.07) is -0.413. The third-order valence-corrected chi connectivity index (χ3v) is 3.21. The van der Waals surface area contributed by atoms with Gasteiger partial charge in [-0.15, -0.1) is 0 Å². The Balaban J connectivity index is 2.12. The van der Waals surface area contributed by atoms with Crippen molar-refractivity contribution in [2.45, 2.75) is 18.9 Å². The van der Waals surface area contributed by atoms with Crippen LogP contribution in [0.25, 0.3) is 0 Å². The summed E-state index contributed by atoms with van der Waals surface area (Å²) in [4.78, 5) is 32.2. The average molecular weight is 299 g/mol. The van der Waals surface area contributed by atoms with Gasteiger partial charge in [0.05, 0.1) is 4.47 Å². The quantitative estimate of drug-likeness (QED) is 0.818. The molecule has 17 heavy (non-hydrogen) atoms. The van der Waals surface area contributed by atoms with E-state index in [4.69, 9.17) is 0 Å². The van der Waals surface area contributed by atoms with Gasteiger partial charge >= 0.3 is 0 Å². The zero-order valence-electron chi connectivity index (χ0n) is 9.18. The van der Waals surface area contributed by atoms with Gasteiger partial charge in [-0.1, -0.05) is 0 Å². The minimum atomic E-state index is -0.413. The van der Waals surface area contributed by atoms with Gasteiger partial charge in [-0.3, -0.25) is 14.5 Å². The Morgan fingerprint density at radius 1 is 1.53 bits per heavy atom. The zero-order valence-corrected chi connectivity index (χ0v) is 10.8. The molecule has 1 aliphatic rings. The molecule has 0 bridgehead atoms. The first-order valence-electron chi connectivity index (χ1n) is 5.12. The number of likely N-dealkylation sites (N-methyl/N-ethyl adjacent to an activating group) is 1. The van der Waals surface area contributed by atoms with Gasteiger partial charge in [0, 0.05) is 19.7 Å². The molecule has 1 saturated heterocycles. The van der Waals surface area contributed by atoms with E-state index in [2.05, 4.69) is 31.2 Å². The minimum absolute atomic E-state index is 0.144. The Hall–Kier alpha value is -1.50. The number of halogens is 1. The molecule has 0 aromatic carbocycles. The normalized spacial score (nSPS) is 20.6. The largest absolute Gasteiger partial charge is 0.357 e. The van der Waals surface area contributed by atoms with Gasteiger partial charge in [-0.25, -0.2) is 9.97 Å². The van der Waals surface area contributed by atoms with Gasteiger partial charge < -0.3 is 5.32 Å². The molecule has 0 spiro atoms. The number of imide groups is 1. The van der Waals surface area contributed by atoms with Crippen LogP contribution in [0.5, 0.6) is 0 Å². The standard InChI is InChI=1S/C10H11BrN4O2/c1-15-8(16)3-2-7(10(15)17)14-9-6(11)4-12-5-13-9/h4-5,7H,2-3H2,1H3,(H,12,13,14). The van der Waals surface area contributed by atoms with E-state index < -0.39 is 6.04 Å². The van der Waals surface area contributed by atoms with Crippen molar-refractivity contribution in [3.8, 4) is 0 Å². The van der Waals surface area contributed by atoms with Crippen LogP contribution in [0.3, 0.4) is 0 Å². The van der Waals surface area contributed by atoms with Crippen LogP contribution in [0.4, 0.5) is 5.82 Å². The van der Waals surface area contributed by atoms with Crippen molar-refractivity contribution in [2.75, 3.05) is 12.4 Å². The second-order valence-corrected chi connectivity index (χ2v) is 4.60. The van der Waals surface area contributed by atoms with Crippen molar-refractivity contribution in [1.82, 2.24) is 14.9 Å². The Kier molecular flexibility index (Phi) is 3.37. The lowest BCUT2D eigenvalue weighted by atomic mass is 10.0. The molecular formula is C10H11BrN4O2. The molecule has 2 amide bonds. The van der Waals surface area contributed by atoms with Gasteiger partial charge in [0.1, 0.15) is 18.2 Å². The van der Waals surface area contributed by atoms with Crippen LogP contribution < -0.4 is 5.32 Å². The maximum Gasteiger partial charge on any atom is 0.251 e. The van der Waals surface area contributed by atoms with E-state index >= 15 is 0 Å². The average Bonchev–Trinajstić information content (AvgIpc) is 2.32. The lowest BCUT2D eigenvalue weighted by molar-refractivity contribution is -0.146. The molecule has 90 valence electrons. The first-order chi connectivity index (χ1) is 8.09. The predicted molar refractivity (Wildman–Crippen MR) is 64.2 cm³/mol. The van der Waals surface area contributed by atoms with E-state index in [0.717, 1.165) is 4.90 Å². The van der Waals surface area contributed by atoms with Gasteiger partial charge in [0.25, 0.3) is 5.91 Å². The number of carbonyl (C=O) groups is 2. The second kappa shape index (κ2) is 4.79. The summed E-state index contributed by atoms with van der Waals surface area (Å²) in [5.74, 6) is 0.183. The Bertz CT molecular complexity index is 465. The molecule has 2 rings (SSSR count). The number of aromatic nitrogens is 2. The Morgan fingerprint density at radius 2 is 2.29 bits per heavy atom. The first-order valence-corrected chi connectivity index (χ1v) is 5.91. The molecule has 1 aliphatic heterocycles. The fourth-order valence-corrected chi connectivity index (χ4v) is 1.97. The third kappa shape index (κ3) is 2.44. The highest BCUT2D eigenvalue weighted by molar-refractivity contribution is 9.10. The summed E-state index contributed by atoms with van der Waals surface area (Å²) >= 11 is 3.29. The third-order valence-electron chi connectivity index (χ3n) is 2.63. The van der Waals surface area contributed by atoms with Gasteiger partial charge in [0.2, 0.25) is 5.91 Å². The van der Waals surface area contributed by atoms with Crippen LogP contribution in [0, 0.1) is 0 Å². The highest BCUT2D eigenvalue weighted by Crippen LogP contribution is 2.21. The second-order valence-electron chi connectivity index (χ2n) is 3.75. The lowest BCUT2D eigenvalue weighted by Gasteiger charge is -2.28. The molecule has 7 heteroatoms. The maximum absolute atomic E-state index is 11.8. The molecule has 0 radical (unpaired) electrons. The van der Waals surface area contributed by atoms with Crippen molar-refractivity contribution < 1.29 is 9.59 Å². The fraction of sp³-hybridized carbons (Fsp3) is 0.400. The van der Waals surface area contributed by atoms with Crippen molar-refractivity contribution in [3.05, 3.63) is 17.0 Å². The molecule has 0 saturated carbocycles. The number of hydrogen-bond acceptors (Lipinski definition) is 5. The minimum Gasteiger partial charge on any atom is -0.357 e. The van der Waals surface area contributed by atoms with Crippen LogP contribution in [0.2, 0.25) is 0 Å². The van der Waals surface area contributed by atoms with Crippen molar-refractivity contribution in [2.24, 2.45) is 0 Å². The van der Waals surface area contributed by atoms with E-state index in [1.165, 1.54) is 13.4 Å². The van der Waals surface area contributed by atoms with Crippen LogP contribution in [-0.4, -0.2) is 39.8 Å². The number of likely N-dealkylation sites (tertiary alicyclic amines) is 1. The SMILES string of the molecule is CN1C(=O)CCC(Nc2ncncc2Br)C1=O. The molecular weight excluding hydrogens is 288 g/mol. The number of nitrogens with zero attached hydrogens (tertiary/aromatic N) is 3. The summed E-state index contributed by atoms with van der Waals surface area (Å²) in [7, 11) is 1.49. The molecule has 1 atom stereocenters. The summed E-state index contributed by atoms with van der Waals surface area (Å²) in [6.07, 6.45) is 3.84. The van der Waals surface area contributed by atoms with Gasteiger partial charge in [-0.05, 0) is 22.4 Å². The van der Waals surface area contributed by atoms with Crippen molar-refractivity contribution in [1.29, 1.82) is 0 Å². The first kappa shape index (κ1) is 12.0. The number of rotatable bonds is 2. The Morgan fingerprint density at radius 3 is 3.00 bits per heavy atom. The molecule has 1 fully saturated rings.